The number of phenols is 1. The topological polar surface area (TPSA) is 87.1 Å². The molecule has 14 heteroatoms. The number of likely N-dealkylation sites (tertiary alicyclic amines) is 1. The lowest BCUT2D eigenvalue weighted by Gasteiger charge is -2.45. The van der Waals surface area contributed by atoms with E-state index < -0.39 is 23.7 Å². The van der Waals surface area contributed by atoms with Gasteiger partial charge >= 0.3 is 12.2 Å². The largest absolute Gasteiger partial charge is 0.508 e. The van der Waals surface area contributed by atoms with Gasteiger partial charge in [-0.1, -0.05) is 25.8 Å². The Morgan fingerprint density at radius 2 is 1.69 bits per heavy atom. The number of aromatic nitrogens is 3. The monoisotopic (exact) mass is 752 g/mol. The van der Waals surface area contributed by atoms with Crippen molar-refractivity contribution < 1.29 is 36.5 Å². The molecule has 0 amide bonds. The number of hydrogen-bond acceptors (Lipinski definition) is 9. The number of piperidine rings is 1. The van der Waals surface area contributed by atoms with Gasteiger partial charge in [-0.15, -0.1) is 6.42 Å². The van der Waals surface area contributed by atoms with Crippen molar-refractivity contribution >= 4 is 27.5 Å². The lowest BCUT2D eigenvalue weighted by atomic mass is 9.95. The van der Waals surface area contributed by atoms with Crippen LogP contribution in [0.4, 0.5) is 27.8 Å². The number of piperazine rings is 1. The number of pyridine rings is 1. The van der Waals surface area contributed by atoms with E-state index in [1.807, 2.05) is 0 Å². The Labute approximate surface area is 311 Å². The summed E-state index contributed by atoms with van der Waals surface area (Å²) in [5, 5.41) is 11.5. The number of phenolic OH excluding ortho intramolecular Hbond substituents is 1. The molecule has 7 rings (SSSR count). The van der Waals surface area contributed by atoms with Crippen molar-refractivity contribution in [1.82, 2.24) is 24.8 Å². The van der Waals surface area contributed by atoms with E-state index >= 15 is 8.78 Å². The molecule has 2 unspecified atom stereocenters. The molecule has 1 saturated carbocycles. The Bertz CT molecular complexity index is 2080. The van der Waals surface area contributed by atoms with Crippen molar-refractivity contribution in [3.63, 3.8) is 0 Å². The van der Waals surface area contributed by atoms with Crippen molar-refractivity contribution in [3.05, 3.63) is 41.5 Å². The predicted octanol–water partition coefficient (Wildman–Crippen LogP) is 7.56. The summed E-state index contributed by atoms with van der Waals surface area (Å²) in [6, 6.07) is 5.62. The maximum absolute atomic E-state index is 17.2. The number of aromatic hydroxyl groups is 1. The van der Waals surface area contributed by atoms with Crippen LogP contribution in [0.1, 0.15) is 57.9 Å². The van der Waals surface area contributed by atoms with Crippen molar-refractivity contribution in [2.75, 3.05) is 58.4 Å². The van der Waals surface area contributed by atoms with Crippen LogP contribution < -0.4 is 14.4 Å². The normalized spacial score (nSPS) is 21.1. The average molecular weight is 753 g/mol. The highest BCUT2D eigenvalue weighted by Gasteiger charge is 2.47. The predicted molar refractivity (Wildman–Crippen MR) is 197 cm³/mol. The molecule has 4 heterocycles. The summed E-state index contributed by atoms with van der Waals surface area (Å²) >= 11 is 0. The van der Waals surface area contributed by atoms with Crippen LogP contribution in [0.25, 0.3) is 32.9 Å². The van der Waals surface area contributed by atoms with Gasteiger partial charge in [0.25, 0.3) is 0 Å². The molecule has 1 aliphatic carbocycles. The van der Waals surface area contributed by atoms with Crippen LogP contribution in [0.2, 0.25) is 0 Å². The molecular weight excluding hydrogens is 707 g/mol. The minimum atomic E-state index is -4.18. The van der Waals surface area contributed by atoms with Gasteiger partial charge in [0.05, 0.1) is 25.2 Å². The number of fused-ring (bicyclic) bond motifs is 2. The van der Waals surface area contributed by atoms with Crippen LogP contribution in [0.15, 0.2) is 24.3 Å². The third-order valence-electron chi connectivity index (χ3n) is 11.7. The van der Waals surface area contributed by atoms with E-state index in [0.717, 1.165) is 25.7 Å². The molecule has 288 valence electrons. The average Bonchev–Trinajstić information content (AvgIpc) is 3.93. The second-order valence-electron chi connectivity index (χ2n) is 15.1. The van der Waals surface area contributed by atoms with Crippen LogP contribution in [0.3, 0.4) is 0 Å². The van der Waals surface area contributed by atoms with Crippen LogP contribution in [-0.4, -0.2) is 102 Å². The molecule has 0 radical (unpaired) electrons. The van der Waals surface area contributed by atoms with E-state index in [0.29, 0.717) is 43.9 Å². The number of terminal acetylenes is 1. The van der Waals surface area contributed by atoms with Crippen LogP contribution in [0.5, 0.6) is 17.6 Å². The number of hydrogen-bond donors (Lipinski definition) is 1. The summed E-state index contributed by atoms with van der Waals surface area (Å²) in [5.41, 5.74) is -0.725. The Kier molecular flexibility index (Phi) is 10.3. The Morgan fingerprint density at radius 3 is 2.28 bits per heavy atom. The third kappa shape index (κ3) is 7.08. The first-order chi connectivity index (χ1) is 25.8. The number of anilines is 1. The molecule has 54 heavy (non-hydrogen) atoms. The van der Waals surface area contributed by atoms with Gasteiger partial charge in [0.1, 0.15) is 34.0 Å². The van der Waals surface area contributed by atoms with Crippen LogP contribution in [-0.2, 0) is 0 Å². The minimum Gasteiger partial charge on any atom is -0.508 e. The smallest absolute Gasteiger partial charge is 0.391 e. The van der Waals surface area contributed by atoms with E-state index in [-0.39, 0.29) is 87.7 Å². The summed E-state index contributed by atoms with van der Waals surface area (Å²) in [7, 11) is 3.51. The summed E-state index contributed by atoms with van der Waals surface area (Å²) < 4.78 is 84.4. The molecule has 2 saturated heterocycles. The fourth-order valence-electron chi connectivity index (χ4n) is 8.26. The molecule has 1 N–H and O–H groups in total. The number of alkyl halides is 3. The highest BCUT2D eigenvalue weighted by Crippen LogP contribution is 2.48. The van der Waals surface area contributed by atoms with Gasteiger partial charge in [-0.2, -0.15) is 23.1 Å². The molecule has 2 aromatic carbocycles. The minimum absolute atomic E-state index is 0.0269. The highest BCUT2D eigenvalue weighted by atomic mass is 19.4. The molecule has 9 nitrogen and oxygen atoms in total. The number of methoxy groups -OCH3 is 1. The van der Waals surface area contributed by atoms with E-state index in [1.165, 1.54) is 31.4 Å². The Morgan fingerprint density at radius 1 is 1.00 bits per heavy atom. The number of rotatable bonds is 10. The highest BCUT2D eigenvalue weighted by molar-refractivity contribution is 6.04. The number of halogens is 5. The van der Waals surface area contributed by atoms with Gasteiger partial charge in [0, 0.05) is 48.1 Å². The van der Waals surface area contributed by atoms with Crippen molar-refractivity contribution in [2.45, 2.75) is 70.6 Å². The quantitative estimate of drug-likeness (QED) is 0.130. The summed E-state index contributed by atoms with van der Waals surface area (Å²) in [6.07, 6.45) is 5.08. The van der Waals surface area contributed by atoms with Gasteiger partial charge in [0.2, 0.25) is 5.88 Å². The molecule has 0 bridgehead atoms. The van der Waals surface area contributed by atoms with Crippen molar-refractivity contribution in [1.29, 1.82) is 0 Å². The zero-order valence-electron chi connectivity index (χ0n) is 30.9. The molecule has 2 atom stereocenters. The van der Waals surface area contributed by atoms with Crippen molar-refractivity contribution in [2.24, 2.45) is 11.3 Å². The fourth-order valence-corrected chi connectivity index (χ4v) is 8.26. The summed E-state index contributed by atoms with van der Waals surface area (Å²) in [6.45, 7) is 6.91. The maximum Gasteiger partial charge on any atom is 0.391 e. The Balaban J connectivity index is 1.32. The van der Waals surface area contributed by atoms with Gasteiger partial charge in [-0.25, -0.2) is 13.8 Å². The molecule has 0 spiro atoms. The summed E-state index contributed by atoms with van der Waals surface area (Å²) in [4.78, 5) is 20.6. The van der Waals surface area contributed by atoms with E-state index in [1.54, 1.807) is 0 Å². The molecular formula is C40H45F5N6O3. The zero-order valence-corrected chi connectivity index (χ0v) is 30.9. The second-order valence-corrected chi connectivity index (χ2v) is 15.1. The maximum atomic E-state index is 17.2. The van der Waals surface area contributed by atoms with Crippen molar-refractivity contribution in [3.8, 4) is 41.2 Å². The number of benzene rings is 2. The van der Waals surface area contributed by atoms with Crippen LogP contribution in [0, 0.1) is 35.3 Å². The molecule has 3 aliphatic rings. The molecule has 3 fully saturated rings. The first-order valence-electron chi connectivity index (χ1n) is 18.6. The van der Waals surface area contributed by atoms with E-state index in [4.69, 9.17) is 20.9 Å². The van der Waals surface area contributed by atoms with E-state index in [9.17, 15) is 18.3 Å². The lowest BCUT2D eigenvalue weighted by molar-refractivity contribution is -0.185. The lowest BCUT2D eigenvalue weighted by Crippen LogP contribution is -2.57. The summed E-state index contributed by atoms with van der Waals surface area (Å²) in [5.74, 6) is -0.242. The molecule has 2 aromatic heterocycles. The number of nitrogens with zero attached hydrogens (tertiary/aromatic N) is 6. The van der Waals surface area contributed by atoms with Gasteiger partial charge < -0.3 is 24.4 Å². The third-order valence-corrected chi connectivity index (χ3v) is 11.7. The molecule has 2 aliphatic heterocycles. The molecule has 4 aromatic rings. The van der Waals surface area contributed by atoms with Gasteiger partial charge in [0.15, 0.2) is 5.82 Å². The van der Waals surface area contributed by atoms with Gasteiger partial charge in [-0.05, 0) is 82.2 Å². The van der Waals surface area contributed by atoms with E-state index in [2.05, 4.69) is 51.5 Å². The number of ether oxygens (including phenoxy) is 2. The Hall–Kier alpha value is -4.48. The van der Waals surface area contributed by atoms with Gasteiger partial charge in [-0.3, -0.25) is 4.90 Å². The number of likely N-dealkylation sites (N-methyl/N-ethyl adjacent to an activating group) is 1. The SMILES string of the molecule is C#Cc1c(F)ccc2cc(O)cc(-c3nc(OC)c4c(N5CC(CC)N(C)C(CC)C5)nc(OCC5(CN6CCC(C(F)(F)F)CC6)CC5)nc4c3F)c12. The standard InChI is InChI=1S/C40H45F5N6O3/c1-6-25-19-51(20-26(7-2)49(25)4)36-32-35(47-38(48-36)54-22-39(13-14-39)21-50-15-11-24(12-16-50)40(43,44)45)33(42)34(46-37(32)53-5)29-18-27(52)17-23-9-10-30(41)28(8-3)31(23)29/h3,9-10,17-18,24-26,52H,6-7,11-16,19-22H2,1-2,4-5H3. The first-order valence-corrected chi connectivity index (χ1v) is 18.6. The zero-order chi connectivity index (χ0) is 38.5. The van der Waals surface area contributed by atoms with Crippen LogP contribution >= 0.6 is 0 Å². The first kappa shape index (κ1) is 37.8. The fraction of sp³-hybridized carbons (Fsp3) is 0.525. The second kappa shape index (κ2) is 14.6.